The minimum absolute atomic E-state index is 0.0236. The number of anilines is 2. The van der Waals surface area contributed by atoms with Gasteiger partial charge in [0.1, 0.15) is 12.4 Å². The first-order valence-electron chi connectivity index (χ1n) is 10.5. The summed E-state index contributed by atoms with van der Waals surface area (Å²) in [5, 5.41) is 5.45. The molecule has 1 saturated heterocycles. The molecule has 33 heavy (non-hydrogen) atoms. The number of sulfonamides is 1. The van der Waals surface area contributed by atoms with Gasteiger partial charge < -0.3 is 19.4 Å². The van der Waals surface area contributed by atoms with Crippen LogP contribution in [0.25, 0.3) is 0 Å². The molecule has 2 N–H and O–H groups in total. The predicted molar refractivity (Wildman–Crippen MR) is 121 cm³/mol. The fourth-order valence-corrected chi connectivity index (χ4v) is 4.93. The second-order valence-electron chi connectivity index (χ2n) is 7.74. The van der Waals surface area contributed by atoms with Crippen molar-refractivity contribution >= 4 is 33.4 Å². The van der Waals surface area contributed by atoms with Gasteiger partial charge in [0.15, 0.2) is 5.03 Å². The monoisotopic (exact) mass is 479 g/mol. The van der Waals surface area contributed by atoms with Gasteiger partial charge in [0, 0.05) is 50.7 Å². The van der Waals surface area contributed by atoms with Gasteiger partial charge in [-0.3, -0.25) is 10.1 Å². The molecule has 0 radical (unpaired) electrons. The molecule has 2 heterocycles. The number of rotatable bonds is 8. The van der Waals surface area contributed by atoms with Crippen LogP contribution in [-0.4, -0.2) is 67.7 Å². The number of hydrogen-bond acceptors (Lipinski definition) is 7. The third kappa shape index (κ3) is 6.30. The minimum Gasteiger partial charge on any atom is -0.447 e. The summed E-state index contributed by atoms with van der Waals surface area (Å²) in [5.41, 5.74) is 0.996. The predicted octanol–water partition coefficient (Wildman–Crippen LogP) is 1.96. The molecule has 1 aliphatic heterocycles. The highest BCUT2D eigenvalue weighted by Gasteiger charge is 2.33. The van der Waals surface area contributed by atoms with Crippen molar-refractivity contribution in [3.05, 3.63) is 36.3 Å². The number of methoxy groups -OCH3 is 1. The van der Waals surface area contributed by atoms with Gasteiger partial charge in [-0.15, -0.1) is 0 Å². The van der Waals surface area contributed by atoms with Crippen LogP contribution in [0.3, 0.4) is 0 Å². The van der Waals surface area contributed by atoms with E-state index in [1.54, 1.807) is 42.8 Å². The molecule has 0 atom stereocenters. The molecular formula is C21H29N5O6S. The van der Waals surface area contributed by atoms with Crippen LogP contribution in [0.1, 0.15) is 18.7 Å². The molecule has 3 rings (SSSR count). The second kappa shape index (κ2) is 10.8. The Morgan fingerprint density at radius 1 is 1.15 bits per heavy atom. The lowest BCUT2D eigenvalue weighted by atomic mass is 9.97. The molecule has 0 bridgehead atoms. The van der Waals surface area contributed by atoms with Crippen molar-refractivity contribution in [2.75, 3.05) is 44.0 Å². The molecule has 180 valence electrons. The van der Waals surface area contributed by atoms with Crippen LogP contribution < -0.4 is 10.6 Å². The zero-order valence-corrected chi connectivity index (χ0v) is 19.7. The summed E-state index contributed by atoms with van der Waals surface area (Å²) in [4.78, 5) is 28.6. The van der Waals surface area contributed by atoms with E-state index in [-0.39, 0.29) is 36.5 Å². The topological polar surface area (TPSA) is 132 Å². The maximum Gasteiger partial charge on any atom is 0.411 e. The molecule has 0 aliphatic carbocycles. The van der Waals surface area contributed by atoms with Crippen molar-refractivity contribution in [2.24, 2.45) is 13.0 Å². The Balaban J connectivity index is 1.53. The number of aryl methyl sites for hydroxylation is 2. The summed E-state index contributed by atoms with van der Waals surface area (Å²) in [6.45, 7) is 2.65. The maximum absolute atomic E-state index is 12.8. The molecule has 2 amide bonds. The Hall–Kier alpha value is -2.96. The van der Waals surface area contributed by atoms with Crippen LogP contribution in [0.5, 0.6) is 0 Å². The Morgan fingerprint density at radius 2 is 1.82 bits per heavy atom. The van der Waals surface area contributed by atoms with E-state index in [0.29, 0.717) is 36.6 Å². The van der Waals surface area contributed by atoms with Gasteiger partial charge >= 0.3 is 6.09 Å². The SMILES string of the molecule is COCCOC(=O)Nc1cccc(NC(=O)C2CCN(S(=O)(=O)c3cn(C)c(C)n3)CC2)c1. The summed E-state index contributed by atoms with van der Waals surface area (Å²) >= 11 is 0. The van der Waals surface area contributed by atoms with Crippen molar-refractivity contribution in [1.29, 1.82) is 0 Å². The zero-order chi connectivity index (χ0) is 24.0. The Bertz CT molecular complexity index is 1070. The number of imidazole rings is 1. The van der Waals surface area contributed by atoms with E-state index >= 15 is 0 Å². The fourth-order valence-electron chi connectivity index (χ4n) is 3.43. The van der Waals surface area contributed by atoms with E-state index in [0.717, 1.165) is 0 Å². The molecule has 2 aromatic rings. The Labute approximate surface area is 193 Å². The molecule has 1 aliphatic rings. The van der Waals surface area contributed by atoms with E-state index < -0.39 is 16.1 Å². The van der Waals surface area contributed by atoms with Crippen molar-refractivity contribution in [3.63, 3.8) is 0 Å². The number of nitrogens with zero attached hydrogens (tertiary/aromatic N) is 3. The van der Waals surface area contributed by atoms with Crippen LogP contribution in [0.2, 0.25) is 0 Å². The van der Waals surface area contributed by atoms with E-state index in [1.165, 1.54) is 17.6 Å². The number of ether oxygens (including phenoxy) is 2. The van der Waals surface area contributed by atoms with Crippen LogP contribution in [0, 0.1) is 12.8 Å². The van der Waals surface area contributed by atoms with Crippen molar-refractivity contribution in [2.45, 2.75) is 24.8 Å². The summed E-state index contributed by atoms with van der Waals surface area (Å²) in [6, 6.07) is 6.71. The largest absolute Gasteiger partial charge is 0.447 e. The van der Waals surface area contributed by atoms with Gasteiger partial charge in [0.2, 0.25) is 5.91 Å². The number of carbonyl (C=O) groups excluding carboxylic acids is 2. The van der Waals surface area contributed by atoms with Crippen LogP contribution in [-0.2, 0) is 31.3 Å². The van der Waals surface area contributed by atoms with E-state index in [2.05, 4.69) is 15.6 Å². The molecule has 0 unspecified atom stereocenters. The second-order valence-corrected chi connectivity index (χ2v) is 9.62. The zero-order valence-electron chi connectivity index (χ0n) is 18.9. The Morgan fingerprint density at radius 3 is 2.42 bits per heavy atom. The lowest BCUT2D eigenvalue weighted by Crippen LogP contribution is -2.41. The molecular weight excluding hydrogens is 450 g/mol. The minimum atomic E-state index is -3.69. The van der Waals surface area contributed by atoms with Gasteiger partial charge in [-0.05, 0) is 38.0 Å². The third-order valence-electron chi connectivity index (χ3n) is 5.41. The van der Waals surface area contributed by atoms with Crippen molar-refractivity contribution in [3.8, 4) is 0 Å². The number of hydrogen-bond donors (Lipinski definition) is 2. The maximum atomic E-state index is 12.8. The van der Waals surface area contributed by atoms with E-state index in [9.17, 15) is 18.0 Å². The number of amides is 2. The smallest absolute Gasteiger partial charge is 0.411 e. The Kier molecular flexibility index (Phi) is 8.06. The quantitative estimate of drug-likeness (QED) is 0.553. The van der Waals surface area contributed by atoms with E-state index in [1.807, 2.05) is 0 Å². The van der Waals surface area contributed by atoms with E-state index in [4.69, 9.17) is 9.47 Å². The average molecular weight is 480 g/mol. The van der Waals surface area contributed by atoms with Crippen LogP contribution >= 0.6 is 0 Å². The highest BCUT2D eigenvalue weighted by Crippen LogP contribution is 2.25. The van der Waals surface area contributed by atoms with Gasteiger partial charge in [-0.2, -0.15) is 4.31 Å². The number of carbonyl (C=O) groups is 2. The molecule has 12 heteroatoms. The lowest BCUT2D eigenvalue weighted by molar-refractivity contribution is -0.120. The number of benzene rings is 1. The molecule has 11 nitrogen and oxygen atoms in total. The summed E-state index contributed by atoms with van der Waals surface area (Å²) in [7, 11) is -0.433. The van der Waals surface area contributed by atoms with Crippen LogP contribution in [0.4, 0.5) is 16.2 Å². The summed E-state index contributed by atoms with van der Waals surface area (Å²) < 4.78 is 38.5. The standard InChI is InChI=1S/C21H29N5O6S/c1-15-22-19(14-25(15)2)33(29,30)26-9-7-16(8-10-26)20(27)23-17-5-4-6-18(13-17)24-21(28)32-12-11-31-3/h4-6,13-14,16H,7-12H2,1-3H3,(H,23,27)(H,24,28). The first-order chi connectivity index (χ1) is 15.7. The molecule has 0 spiro atoms. The van der Waals surface area contributed by atoms with Gasteiger partial charge in [-0.25, -0.2) is 18.2 Å². The molecule has 1 aromatic carbocycles. The fraction of sp³-hybridized carbons (Fsp3) is 0.476. The molecule has 0 saturated carbocycles. The highest BCUT2D eigenvalue weighted by molar-refractivity contribution is 7.89. The van der Waals surface area contributed by atoms with Gasteiger partial charge in [0.05, 0.1) is 6.61 Å². The normalized spacial score (nSPS) is 15.2. The third-order valence-corrected chi connectivity index (χ3v) is 7.18. The molecule has 1 aromatic heterocycles. The van der Waals surface area contributed by atoms with Gasteiger partial charge in [-0.1, -0.05) is 6.07 Å². The average Bonchev–Trinajstić information content (AvgIpc) is 3.13. The highest BCUT2D eigenvalue weighted by atomic mass is 32.2. The number of nitrogens with one attached hydrogen (secondary N) is 2. The summed E-state index contributed by atoms with van der Waals surface area (Å²) in [5.74, 6) is 0.0980. The van der Waals surface area contributed by atoms with Crippen LogP contribution in [0.15, 0.2) is 35.5 Å². The van der Waals surface area contributed by atoms with Gasteiger partial charge in [0.25, 0.3) is 10.0 Å². The molecule has 1 fully saturated rings. The number of piperidine rings is 1. The van der Waals surface area contributed by atoms with Crippen molar-refractivity contribution < 1.29 is 27.5 Å². The lowest BCUT2D eigenvalue weighted by Gasteiger charge is -2.30. The number of aromatic nitrogens is 2. The first kappa shape index (κ1) is 24.7. The van der Waals surface area contributed by atoms with Crippen molar-refractivity contribution in [1.82, 2.24) is 13.9 Å². The first-order valence-corrected chi connectivity index (χ1v) is 12.0. The summed E-state index contributed by atoms with van der Waals surface area (Å²) in [6.07, 6.45) is 1.69.